The smallest absolute Gasteiger partial charge is 0.229 e. The standard InChI is InChI=1S/C15H19N3O3S/c1-21-14-6-4-3-5-12(14)9-10-16-15-8-7-13(11-17-15)18-22(2,19)20/h3-8,11,18H,9-10H2,1-2H3,(H,16,17). The number of nitrogens with one attached hydrogen (secondary N) is 2. The molecule has 0 aliphatic heterocycles. The lowest BCUT2D eigenvalue weighted by molar-refractivity contribution is 0.410. The molecular weight excluding hydrogens is 302 g/mol. The van der Waals surface area contributed by atoms with Crippen molar-refractivity contribution in [2.75, 3.05) is 29.9 Å². The van der Waals surface area contributed by atoms with Crippen LogP contribution in [0.5, 0.6) is 5.75 Å². The van der Waals surface area contributed by atoms with Gasteiger partial charge in [-0.15, -0.1) is 0 Å². The van der Waals surface area contributed by atoms with Gasteiger partial charge in [-0.2, -0.15) is 0 Å². The second-order valence-electron chi connectivity index (χ2n) is 4.79. The number of nitrogens with zero attached hydrogens (tertiary/aromatic N) is 1. The molecule has 0 bridgehead atoms. The molecule has 7 heteroatoms. The summed E-state index contributed by atoms with van der Waals surface area (Å²) in [6.07, 6.45) is 3.38. The van der Waals surface area contributed by atoms with Gasteiger partial charge in [0.05, 0.1) is 25.2 Å². The van der Waals surface area contributed by atoms with Gasteiger partial charge in [0.1, 0.15) is 11.6 Å². The summed E-state index contributed by atoms with van der Waals surface area (Å²) in [5, 5.41) is 3.19. The van der Waals surface area contributed by atoms with Crippen LogP contribution in [0, 0.1) is 0 Å². The molecule has 118 valence electrons. The van der Waals surface area contributed by atoms with Crippen molar-refractivity contribution < 1.29 is 13.2 Å². The zero-order valence-corrected chi connectivity index (χ0v) is 13.4. The molecule has 1 aromatic heterocycles. The van der Waals surface area contributed by atoms with Gasteiger partial charge in [-0.25, -0.2) is 13.4 Å². The number of aromatic nitrogens is 1. The SMILES string of the molecule is COc1ccccc1CCNc1ccc(NS(C)(=O)=O)cn1. The maximum Gasteiger partial charge on any atom is 0.229 e. The average molecular weight is 321 g/mol. The molecule has 0 unspecified atom stereocenters. The van der Waals surface area contributed by atoms with Crippen molar-refractivity contribution in [3.05, 3.63) is 48.2 Å². The van der Waals surface area contributed by atoms with E-state index in [1.54, 1.807) is 19.2 Å². The van der Waals surface area contributed by atoms with Gasteiger partial charge in [0.15, 0.2) is 0 Å². The van der Waals surface area contributed by atoms with Crippen LogP contribution in [0.2, 0.25) is 0 Å². The largest absolute Gasteiger partial charge is 0.496 e. The van der Waals surface area contributed by atoms with E-state index in [0.29, 0.717) is 18.1 Å². The van der Waals surface area contributed by atoms with Crippen LogP contribution in [0.1, 0.15) is 5.56 Å². The molecule has 0 saturated heterocycles. The summed E-state index contributed by atoms with van der Waals surface area (Å²) in [4.78, 5) is 4.17. The first-order chi connectivity index (χ1) is 10.5. The summed E-state index contributed by atoms with van der Waals surface area (Å²) in [5.41, 5.74) is 1.56. The molecule has 2 aromatic rings. The summed E-state index contributed by atoms with van der Waals surface area (Å²) >= 11 is 0. The molecule has 0 amide bonds. The van der Waals surface area contributed by atoms with E-state index < -0.39 is 10.0 Å². The highest BCUT2D eigenvalue weighted by Crippen LogP contribution is 2.18. The van der Waals surface area contributed by atoms with Gasteiger partial charge < -0.3 is 10.1 Å². The molecule has 22 heavy (non-hydrogen) atoms. The van der Waals surface area contributed by atoms with E-state index >= 15 is 0 Å². The number of benzene rings is 1. The molecule has 2 rings (SSSR count). The molecule has 0 fully saturated rings. The molecule has 0 aliphatic rings. The normalized spacial score (nSPS) is 11.0. The van der Waals surface area contributed by atoms with Crippen LogP contribution in [0.15, 0.2) is 42.6 Å². The fourth-order valence-corrected chi connectivity index (χ4v) is 2.56. The van der Waals surface area contributed by atoms with Crippen molar-refractivity contribution in [2.45, 2.75) is 6.42 Å². The molecule has 0 radical (unpaired) electrons. The lowest BCUT2D eigenvalue weighted by atomic mass is 10.1. The Morgan fingerprint density at radius 3 is 2.59 bits per heavy atom. The van der Waals surface area contributed by atoms with Crippen LogP contribution in [-0.4, -0.2) is 33.3 Å². The van der Waals surface area contributed by atoms with Crippen molar-refractivity contribution in [2.24, 2.45) is 0 Å². The van der Waals surface area contributed by atoms with Crippen LogP contribution < -0.4 is 14.8 Å². The Balaban J connectivity index is 1.89. The number of rotatable bonds is 7. The molecular formula is C15H19N3O3S. The molecule has 1 aromatic carbocycles. The second kappa shape index (κ2) is 7.13. The Kier molecular flexibility index (Phi) is 5.21. The van der Waals surface area contributed by atoms with Gasteiger partial charge in [0, 0.05) is 6.54 Å². The first-order valence-corrected chi connectivity index (χ1v) is 8.67. The Labute approximate surface area is 130 Å². The van der Waals surface area contributed by atoms with Crippen molar-refractivity contribution in [1.82, 2.24) is 4.98 Å². The first kappa shape index (κ1) is 16.1. The molecule has 0 atom stereocenters. The summed E-state index contributed by atoms with van der Waals surface area (Å²) in [6.45, 7) is 0.701. The average Bonchev–Trinajstić information content (AvgIpc) is 2.48. The van der Waals surface area contributed by atoms with Crippen molar-refractivity contribution in [1.29, 1.82) is 0 Å². The number of methoxy groups -OCH3 is 1. The van der Waals surface area contributed by atoms with Crippen molar-refractivity contribution >= 4 is 21.5 Å². The minimum atomic E-state index is -3.28. The highest BCUT2D eigenvalue weighted by molar-refractivity contribution is 7.92. The fourth-order valence-electron chi connectivity index (χ4n) is 2.01. The minimum Gasteiger partial charge on any atom is -0.496 e. The van der Waals surface area contributed by atoms with Crippen LogP contribution >= 0.6 is 0 Å². The maximum atomic E-state index is 11.1. The molecule has 0 aliphatic carbocycles. The van der Waals surface area contributed by atoms with Crippen LogP contribution in [0.4, 0.5) is 11.5 Å². The molecule has 6 nitrogen and oxygen atoms in total. The Morgan fingerprint density at radius 1 is 1.18 bits per heavy atom. The van der Waals surface area contributed by atoms with Gasteiger partial charge in [0.2, 0.25) is 10.0 Å². The Morgan fingerprint density at radius 2 is 1.95 bits per heavy atom. The lowest BCUT2D eigenvalue weighted by Gasteiger charge is -2.10. The van der Waals surface area contributed by atoms with E-state index in [4.69, 9.17) is 4.74 Å². The highest BCUT2D eigenvalue weighted by atomic mass is 32.2. The topological polar surface area (TPSA) is 80.3 Å². The number of anilines is 2. The van der Waals surface area contributed by atoms with Gasteiger partial charge in [-0.1, -0.05) is 18.2 Å². The van der Waals surface area contributed by atoms with Crippen molar-refractivity contribution in [3.8, 4) is 5.75 Å². The van der Waals surface area contributed by atoms with Crippen LogP contribution in [-0.2, 0) is 16.4 Å². The van der Waals surface area contributed by atoms with Crippen molar-refractivity contribution in [3.63, 3.8) is 0 Å². The third-order valence-electron chi connectivity index (χ3n) is 2.96. The van der Waals surface area contributed by atoms with Gasteiger partial charge in [-0.3, -0.25) is 4.72 Å². The van der Waals surface area contributed by atoms with Gasteiger partial charge in [-0.05, 0) is 30.2 Å². The summed E-state index contributed by atoms with van der Waals surface area (Å²) in [7, 11) is -1.62. The highest BCUT2D eigenvalue weighted by Gasteiger charge is 2.03. The number of ether oxygens (including phenoxy) is 1. The predicted molar refractivity (Wildman–Crippen MR) is 87.9 cm³/mol. The summed E-state index contributed by atoms with van der Waals surface area (Å²) < 4.78 is 29.9. The van der Waals surface area contributed by atoms with E-state index in [9.17, 15) is 8.42 Å². The third kappa shape index (κ3) is 4.92. The fraction of sp³-hybridized carbons (Fsp3) is 0.267. The zero-order chi connectivity index (χ0) is 16.0. The summed E-state index contributed by atoms with van der Waals surface area (Å²) in [5.74, 6) is 1.55. The second-order valence-corrected chi connectivity index (χ2v) is 6.54. The maximum absolute atomic E-state index is 11.1. The number of pyridine rings is 1. The first-order valence-electron chi connectivity index (χ1n) is 6.77. The van der Waals surface area contributed by atoms with Crippen LogP contribution in [0.25, 0.3) is 0 Å². The third-order valence-corrected chi connectivity index (χ3v) is 3.57. The lowest BCUT2D eigenvalue weighted by Crippen LogP contribution is -2.10. The number of hydrogen-bond donors (Lipinski definition) is 2. The van der Waals surface area contributed by atoms with E-state index in [-0.39, 0.29) is 0 Å². The zero-order valence-electron chi connectivity index (χ0n) is 12.5. The van der Waals surface area contributed by atoms with E-state index in [0.717, 1.165) is 24.0 Å². The quantitative estimate of drug-likeness (QED) is 0.816. The Hall–Kier alpha value is -2.28. The van der Waals surface area contributed by atoms with Gasteiger partial charge in [0.25, 0.3) is 0 Å². The Bertz CT molecular complexity index is 715. The molecule has 0 saturated carbocycles. The van der Waals surface area contributed by atoms with E-state index in [1.165, 1.54) is 6.20 Å². The molecule has 1 heterocycles. The van der Waals surface area contributed by atoms with Crippen LogP contribution in [0.3, 0.4) is 0 Å². The molecule has 0 spiro atoms. The van der Waals surface area contributed by atoms with E-state index in [2.05, 4.69) is 15.0 Å². The van der Waals surface area contributed by atoms with E-state index in [1.807, 2.05) is 24.3 Å². The summed E-state index contributed by atoms with van der Waals surface area (Å²) in [6, 6.07) is 11.3. The number of hydrogen-bond acceptors (Lipinski definition) is 5. The van der Waals surface area contributed by atoms with Gasteiger partial charge >= 0.3 is 0 Å². The minimum absolute atomic E-state index is 0.442. The monoisotopic (exact) mass is 321 g/mol. The number of sulfonamides is 1. The molecule has 2 N–H and O–H groups in total. The number of para-hydroxylation sites is 1. The predicted octanol–water partition coefficient (Wildman–Crippen LogP) is 2.12.